The molecule has 35 heavy (non-hydrogen) atoms. The van der Waals surface area contributed by atoms with Crippen molar-refractivity contribution < 1.29 is 45.8 Å². The summed E-state index contributed by atoms with van der Waals surface area (Å²) in [5, 5.41) is 2.91. The maximum absolute atomic E-state index is 14.1. The van der Waals surface area contributed by atoms with Gasteiger partial charge < -0.3 is 28.6 Å². The first-order valence-corrected chi connectivity index (χ1v) is 12.7. The van der Waals surface area contributed by atoms with Crippen molar-refractivity contribution in [2.75, 3.05) is 33.0 Å². The van der Waals surface area contributed by atoms with Crippen LogP contribution in [0.5, 0.6) is 0 Å². The number of dihydropyridines is 1. The van der Waals surface area contributed by atoms with Crippen molar-refractivity contribution >= 4 is 13.6 Å². The molecular weight excluding hydrogens is 490 g/mol. The first kappa shape index (κ1) is 25.9. The van der Waals surface area contributed by atoms with Crippen molar-refractivity contribution in [1.82, 2.24) is 5.32 Å². The number of esters is 1. The van der Waals surface area contributed by atoms with E-state index in [9.17, 15) is 22.5 Å². The summed E-state index contributed by atoms with van der Waals surface area (Å²) in [5.41, 5.74) is -0.791. The molecule has 0 aromatic heterocycles. The van der Waals surface area contributed by atoms with E-state index in [2.05, 4.69) is 5.32 Å². The van der Waals surface area contributed by atoms with Crippen LogP contribution in [0.4, 0.5) is 13.2 Å². The largest absolute Gasteiger partial charge is 0.457 e. The van der Waals surface area contributed by atoms with Crippen LogP contribution in [0.2, 0.25) is 0 Å². The Hall–Kier alpha value is -2.17. The molecule has 2 fully saturated rings. The molecule has 192 valence electrons. The first-order chi connectivity index (χ1) is 16.5. The van der Waals surface area contributed by atoms with Crippen LogP contribution in [-0.2, 0) is 38.8 Å². The minimum absolute atomic E-state index is 0.0500. The number of hydrogen-bond acceptors (Lipinski definition) is 8. The topological polar surface area (TPSA) is 92.3 Å². The SMILES string of the molecule is CC1=C(C(=O)OCC2(C)OCCO2)C(c2ccccc2C(F)(F)F)C(P2(=O)OCCCO2)=C(C)N1. The summed E-state index contributed by atoms with van der Waals surface area (Å²) in [6.07, 6.45) is -4.25. The Kier molecular flexibility index (Phi) is 7.19. The number of rotatable bonds is 5. The molecule has 2 saturated heterocycles. The fourth-order valence-electron chi connectivity index (χ4n) is 4.45. The second kappa shape index (κ2) is 9.71. The van der Waals surface area contributed by atoms with Crippen molar-refractivity contribution in [1.29, 1.82) is 0 Å². The minimum atomic E-state index is -4.73. The van der Waals surface area contributed by atoms with Gasteiger partial charge in [-0.05, 0) is 38.8 Å². The maximum atomic E-state index is 14.1. The van der Waals surface area contributed by atoms with Gasteiger partial charge >= 0.3 is 19.7 Å². The molecule has 1 N–H and O–H groups in total. The van der Waals surface area contributed by atoms with E-state index in [1.807, 2.05) is 0 Å². The predicted molar refractivity (Wildman–Crippen MR) is 118 cm³/mol. The van der Waals surface area contributed by atoms with Gasteiger partial charge in [0, 0.05) is 11.4 Å². The van der Waals surface area contributed by atoms with Gasteiger partial charge in [-0.15, -0.1) is 0 Å². The van der Waals surface area contributed by atoms with Gasteiger partial charge in [0.05, 0.1) is 48.8 Å². The molecule has 0 spiro atoms. The highest BCUT2D eigenvalue weighted by atomic mass is 31.2. The van der Waals surface area contributed by atoms with Gasteiger partial charge in [0.1, 0.15) is 6.61 Å². The zero-order valence-corrected chi connectivity index (χ0v) is 20.5. The highest BCUT2D eigenvalue weighted by Gasteiger charge is 2.48. The van der Waals surface area contributed by atoms with Crippen LogP contribution in [0.3, 0.4) is 0 Å². The third-order valence-electron chi connectivity index (χ3n) is 5.99. The van der Waals surface area contributed by atoms with Crippen LogP contribution < -0.4 is 5.32 Å². The fraction of sp³-hybridized carbons (Fsp3) is 0.522. The smallest absolute Gasteiger partial charge is 0.416 e. The van der Waals surface area contributed by atoms with Crippen LogP contribution in [-0.4, -0.2) is 44.8 Å². The lowest BCUT2D eigenvalue weighted by Gasteiger charge is -2.36. The van der Waals surface area contributed by atoms with Crippen molar-refractivity contribution in [3.63, 3.8) is 0 Å². The summed E-state index contributed by atoms with van der Waals surface area (Å²) in [6.45, 7) is 5.29. The number of nitrogens with one attached hydrogen (secondary N) is 1. The Morgan fingerprint density at radius 1 is 1.11 bits per heavy atom. The number of ether oxygens (including phenoxy) is 3. The van der Waals surface area contributed by atoms with E-state index in [0.717, 1.165) is 6.07 Å². The Morgan fingerprint density at radius 2 is 1.74 bits per heavy atom. The van der Waals surface area contributed by atoms with Gasteiger partial charge in [0.2, 0.25) is 0 Å². The lowest BCUT2D eigenvalue weighted by atomic mass is 9.84. The summed E-state index contributed by atoms with van der Waals surface area (Å²) in [6, 6.07) is 4.86. The van der Waals surface area contributed by atoms with E-state index in [1.165, 1.54) is 18.2 Å². The Balaban J connectivity index is 1.82. The summed E-state index contributed by atoms with van der Waals surface area (Å²) in [4.78, 5) is 13.4. The molecule has 1 unspecified atom stereocenters. The highest BCUT2D eigenvalue weighted by Crippen LogP contribution is 2.65. The molecule has 4 rings (SSSR count). The van der Waals surface area contributed by atoms with Gasteiger partial charge in [-0.3, -0.25) is 4.57 Å². The summed E-state index contributed by atoms with van der Waals surface area (Å²) >= 11 is 0. The Labute approximate surface area is 200 Å². The monoisotopic (exact) mass is 517 g/mol. The van der Waals surface area contributed by atoms with E-state index in [1.54, 1.807) is 20.8 Å². The molecule has 0 aliphatic carbocycles. The molecule has 0 saturated carbocycles. The van der Waals surface area contributed by atoms with Crippen LogP contribution >= 0.6 is 7.60 Å². The lowest BCUT2D eigenvalue weighted by Crippen LogP contribution is -2.36. The Morgan fingerprint density at radius 3 is 2.37 bits per heavy atom. The molecule has 8 nitrogen and oxygen atoms in total. The number of benzene rings is 1. The standard InChI is InChI=1S/C23H27F3NO7P/c1-14-18(21(28)30-13-22(3)31-11-12-32-22)19(16-7-4-5-8-17(16)23(24,25)26)20(15(2)27-14)35(29)33-9-6-10-34-35/h4-5,7-8,19,27H,6,9-13H2,1-3H3. The highest BCUT2D eigenvalue weighted by molar-refractivity contribution is 7.58. The average Bonchev–Trinajstić information content (AvgIpc) is 3.23. The molecule has 3 heterocycles. The van der Waals surface area contributed by atoms with Crippen LogP contribution in [0.15, 0.2) is 46.5 Å². The van der Waals surface area contributed by atoms with Crippen molar-refractivity contribution in [3.8, 4) is 0 Å². The average molecular weight is 517 g/mol. The number of alkyl halides is 3. The van der Waals surface area contributed by atoms with E-state index in [0.29, 0.717) is 25.3 Å². The zero-order chi connectivity index (χ0) is 25.4. The van der Waals surface area contributed by atoms with Gasteiger partial charge in [-0.1, -0.05) is 18.2 Å². The predicted octanol–water partition coefficient (Wildman–Crippen LogP) is 4.83. The fourth-order valence-corrected chi connectivity index (χ4v) is 6.59. The molecule has 3 aliphatic heterocycles. The van der Waals surface area contributed by atoms with Gasteiger partial charge in [0.25, 0.3) is 0 Å². The molecule has 0 radical (unpaired) electrons. The van der Waals surface area contributed by atoms with Crippen LogP contribution in [0.25, 0.3) is 0 Å². The van der Waals surface area contributed by atoms with Crippen LogP contribution in [0.1, 0.15) is 44.2 Å². The maximum Gasteiger partial charge on any atom is 0.416 e. The second-order valence-electron chi connectivity index (χ2n) is 8.62. The quantitative estimate of drug-likeness (QED) is 0.439. The summed E-state index contributed by atoms with van der Waals surface area (Å²) in [7, 11) is -4.04. The number of carbonyl (C=O) groups excluding carboxylic acids is 1. The summed E-state index contributed by atoms with van der Waals surface area (Å²) in [5.74, 6) is -3.45. The second-order valence-corrected chi connectivity index (χ2v) is 10.6. The molecule has 0 bridgehead atoms. The molecular formula is C23H27F3NO7P. The van der Waals surface area contributed by atoms with E-state index in [4.69, 9.17) is 23.3 Å². The molecule has 1 aromatic rings. The number of allylic oxidation sites excluding steroid dienone is 3. The third-order valence-corrected chi connectivity index (χ3v) is 8.22. The van der Waals surface area contributed by atoms with Crippen molar-refractivity contribution in [3.05, 3.63) is 57.7 Å². The normalized spacial score (nSPS) is 24.3. The van der Waals surface area contributed by atoms with Crippen molar-refractivity contribution in [2.24, 2.45) is 0 Å². The van der Waals surface area contributed by atoms with Gasteiger partial charge in [-0.2, -0.15) is 13.2 Å². The van der Waals surface area contributed by atoms with E-state index >= 15 is 0 Å². The van der Waals surface area contributed by atoms with E-state index in [-0.39, 0.29) is 42.0 Å². The molecule has 1 aromatic carbocycles. The van der Waals surface area contributed by atoms with Crippen LogP contribution in [0, 0.1) is 0 Å². The van der Waals surface area contributed by atoms with Gasteiger partial charge in [0.15, 0.2) is 5.79 Å². The summed E-state index contributed by atoms with van der Waals surface area (Å²) < 4.78 is 83.4. The first-order valence-electron chi connectivity index (χ1n) is 11.1. The Bertz CT molecular complexity index is 1100. The number of carbonyl (C=O) groups is 1. The van der Waals surface area contributed by atoms with Gasteiger partial charge in [-0.25, -0.2) is 4.79 Å². The molecule has 3 aliphatic rings. The van der Waals surface area contributed by atoms with Crippen molar-refractivity contribution in [2.45, 2.75) is 45.1 Å². The molecule has 12 heteroatoms. The number of halogens is 3. The molecule has 1 atom stereocenters. The zero-order valence-electron chi connectivity index (χ0n) is 19.6. The van der Waals surface area contributed by atoms with E-state index < -0.39 is 37.0 Å². The number of hydrogen-bond donors (Lipinski definition) is 1. The minimum Gasteiger partial charge on any atom is -0.457 e. The molecule has 0 amide bonds. The lowest BCUT2D eigenvalue weighted by molar-refractivity contribution is -0.187. The third kappa shape index (κ3) is 5.20.